The van der Waals surface area contributed by atoms with Gasteiger partial charge in [0.1, 0.15) is 0 Å². The maximum absolute atomic E-state index is 2.61. The molecule has 5 aromatic rings. The summed E-state index contributed by atoms with van der Waals surface area (Å²) in [6.45, 7) is 0. The lowest BCUT2D eigenvalue weighted by atomic mass is 9.81. The molecule has 0 N–H and O–H groups in total. The fourth-order valence-corrected chi connectivity index (χ4v) is 7.21. The van der Waals surface area contributed by atoms with Crippen molar-refractivity contribution in [3.8, 4) is 22.3 Å². The summed E-state index contributed by atoms with van der Waals surface area (Å²) in [4.78, 5) is 2.61. The minimum atomic E-state index is 1.00. The Morgan fingerprint density at radius 1 is 0.400 bits per heavy atom. The standard InChI is InChI=1S/C34H23N/c1-4-10-26-20(7-1)13-23-19-33-24(17-28(23)26)14-25-18-29-27-11-5-2-8-21(27)15-30(29)31-16-22-9-3-6-12-32(22)35(33)34(25)31/h1-12,17-19H,13-16H2. The van der Waals surface area contributed by atoms with Crippen molar-refractivity contribution in [2.75, 3.05) is 4.90 Å². The zero-order valence-corrected chi connectivity index (χ0v) is 19.4. The summed E-state index contributed by atoms with van der Waals surface area (Å²) in [6, 6.07) is 34.5. The third-order valence-corrected chi connectivity index (χ3v) is 8.71. The van der Waals surface area contributed by atoms with Crippen LogP contribution in [0.4, 0.5) is 17.1 Å². The molecule has 35 heavy (non-hydrogen) atoms. The Bertz CT molecular complexity index is 1760. The van der Waals surface area contributed by atoms with Gasteiger partial charge in [-0.15, -0.1) is 0 Å². The van der Waals surface area contributed by atoms with Gasteiger partial charge < -0.3 is 4.90 Å². The zero-order valence-electron chi connectivity index (χ0n) is 19.4. The average Bonchev–Trinajstić information content (AvgIpc) is 3.45. The summed E-state index contributed by atoms with van der Waals surface area (Å²) in [5.74, 6) is 0. The highest BCUT2D eigenvalue weighted by Gasteiger charge is 2.36. The Morgan fingerprint density at radius 3 is 1.89 bits per heavy atom. The van der Waals surface area contributed by atoms with Crippen LogP contribution < -0.4 is 4.90 Å². The molecule has 0 spiro atoms. The van der Waals surface area contributed by atoms with Gasteiger partial charge in [0.05, 0.1) is 11.4 Å². The predicted molar refractivity (Wildman–Crippen MR) is 143 cm³/mol. The maximum Gasteiger partial charge on any atom is 0.0535 e. The molecule has 4 aliphatic rings. The molecule has 0 aromatic heterocycles. The lowest BCUT2D eigenvalue weighted by molar-refractivity contribution is 0.992. The van der Waals surface area contributed by atoms with E-state index in [1.807, 2.05) is 0 Å². The maximum atomic E-state index is 2.61. The molecule has 2 aliphatic carbocycles. The Labute approximate surface area is 205 Å². The second kappa shape index (κ2) is 6.31. The Morgan fingerprint density at radius 2 is 1.03 bits per heavy atom. The Balaban J connectivity index is 1.33. The molecule has 0 atom stereocenters. The Hall–Kier alpha value is -4.10. The van der Waals surface area contributed by atoms with E-state index in [0.717, 1.165) is 25.7 Å². The number of hydrogen-bond donors (Lipinski definition) is 0. The molecule has 5 aromatic carbocycles. The molecule has 2 heterocycles. The third kappa shape index (κ3) is 2.29. The van der Waals surface area contributed by atoms with Gasteiger partial charge in [0.25, 0.3) is 0 Å². The normalized spacial score (nSPS) is 14.9. The summed E-state index contributed by atoms with van der Waals surface area (Å²) in [7, 11) is 0. The number of hydrogen-bond acceptors (Lipinski definition) is 1. The summed E-state index contributed by atoms with van der Waals surface area (Å²) in [6.07, 6.45) is 4.11. The van der Waals surface area contributed by atoms with Gasteiger partial charge in [-0.1, -0.05) is 66.7 Å². The largest absolute Gasteiger partial charge is 0.309 e. The fraction of sp³-hybridized carbons (Fsp3) is 0.118. The lowest BCUT2D eigenvalue weighted by Gasteiger charge is -2.40. The zero-order chi connectivity index (χ0) is 22.7. The van der Waals surface area contributed by atoms with Crippen molar-refractivity contribution < 1.29 is 0 Å². The van der Waals surface area contributed by atoms with Crippen LogP contribution in [-0.4, -0.2) is 0 Å². The molecular formula is C34H23N. The summed E-state index contributed by atoms with van der Waals surface area (Å²) in [5.41, 5.74) is 21.8. The molecular weight excluding hydrogens is 422 g/mol. The van der Waals surface area contributed by atoms with E-state index in [9.17, 15) is 0 Å². The first kappa shape index (κ1) is 18.3. The van der Waals surface area contributed by atoms with E-state index < -0.39 is 0 Å². The molecule has 0 unspecified atom stereocenters. The summed E-state index contributed by atoms with van der Waals surface area (Å²) >= 11 is 0. The molecule has 1 nitrogen and oxygen atoms in total. The van der Waals surface area contributed by atoms with Crippen LogP contribution in [0.3, 0.4) is 0 Å². The van der Waals surface area contributed by atoms with Crippen LogP contribution in [-0.2, 0) is 25.7 Å². The first-order valence-electron chi connectivity index (χ1n) is 12.7. The van der Waals surface area contributed by atoms with Crippen molar-refractivity contribution >= 4 is 17.1 Å². The monoisotopic (exact) mass is 445 g/mol. The van der Waals surface area contributed by atoms with E-state index >= 15 is 0 Å². The molecule has 0 saturated carbocycles. The molecule has 9 rings (SSSR count). The van der Waals surface area contributed by atoms with E-state index in [1.54, 1.807) is 11.1 Å². The average molecular weight is 446 g/mol. The number of nitrogens with zero attached hydrogens (tertiary/aromatic N) is 1. The highest BCUT2D eigenvalue weighted by molar-refractivity contribution is 5.95. The van der Waals surface area contributed by atoms with Crippen molar-refractivity contribution in [2.45, 2.75) is 25.7 Å². The van der Waals surface area contributed by atoms with Gasteiger partial charge in [-0.05, 0) is 104 Å². The van der Waals surface area contributed by atoms with Crippen molar-refractivity contribution in [1.82, 2.24) is 0 Å². The van der Waals surface area contributed by atoms with Gasteiger partial charge in [-0.3, -0.25) is 0 Å². The van der Waals surface area contributed by atoms with Crippen molar-refractivity contribution in [1.29, 1.82) is 0 Å². The molecule has 0 bridgehead atoms. The lowest BCUT2D eigenvalue weighted by Crippen LogP contribution is -2.25. The van der Waals surface area contributed by atoms with Crippen LogP contribution in [0, 0.1) is 0 Å². The van der Waals surface area contributed by atoms with Crippen LogP contribution in [0.25, 0.3) is 22.3 Å². The molecule has 1 heteroatoms. The quantitative estimate of drug-likeness (QED) is 0.228. The second-order valence-corrected chi connectivity index (χ2v) is 10.5. The van der Waals surface area contributed by atoms with Crippen LogP contribution in [0.1, 0.15) is 44.5 Å². The van der Waals surface area contributed by atoms with Crippen molar-refractivity contribution in [3.05, 3.63) is 136 Å². The third-order valence-electron chi connectivity index (χ3n) is 8.71. The van der Waals surface area contributed by atoms with E-state index in [1.165, 1.54) is 72.7 Å². The highest BCUT2D eigenvalue weighted by Crippen LogP contribution is 2.55. The molecule has 0 fully saturated rings. The minimum Gasteiger partial charge on any atom is -0.309 e. The smallest absolute Gasteiger partial charge is 0.0535 e. The topological polar surface area (TPSA) is 3.24 Å². The van der Waals surface area contributed by atoms with Crippen LogP contribution in [0.2, 0.25) is 0 Å². The Kier molecular flexibility index (Phi) is 3.29. The van der Waals surface area contributed by atoms with Crippen LogP contribution in [0.15, 0.2) is 91.0 Å². The van der Waals surface area contributed by atoms with E-state index in [0.29, 0.717) is 0 Å². The number of anilines is 3. The van der Waals surface area contributed by atoms with E-state index in [-0.39, 0.29) is 0 Å². The van der Waals surface area contributed by atoms with Crippen molar-refractivity contribution in [2.24, 2.45) is 0 Å². The SMILES string of the molecule is c1ccc2c(c1)Cc1cc3c(cc1-2)Cc1cc2c(c4c1N3c1ccccc1C4)Cc1ccccc1-2. The number of benzene rings is 5. The van der Waals surface area contributed by atoms with Crippen LogP contribution >= 0.6 is 0 Å². The summed E-state index contributed by atoms with van der Waals surface area (Å²) < 4.78 is 0. The molecule has 0 amide bonds. The molecule has 2 aliphatic heterocycles. The predicted octanol–water partition coefficient (Wildman–Crippen LogP) is 8.11. The van der Waals surface area contributed by atoms with Gasteiger partial charge in [-0.2, -0.15) is 0 Å². The fourth-order valence-electron chi connectivity index (χ4n) is 7.21. The molecule has 164 valence electrons. The van der Waals surface area contributed by atoms with Gasteiger partial charge >= 0.3 is 0 Å². The molecule has 0 saturated heterocycles. The van der Waals surface area contributed by atoms with Crippen LogP contribution in [0.5, 0.6) is 0 Å². The highest BCUT2D eigenvalue weighted by atomic mass is 15.2. The number of fused-ring (bicyclic) bond motifs is 11. The van der Waals surface area contributed by atoms with E-state index in [4.69, 9.17) is 0 Å². The first-order valence-corrected chi connectivity index (χ1v) is 12.7. The molecule has 0 radical (unpaired) electrons. The van der Waals surface area contributed by atoms with Gasteiger partial charge in [-0.25, -0.2) is 0 Å². The second-order valence-electron chi connectivity index (χ2n) is 10.5. The minimum absolute atomic E-state index is 1.00. The van der Waals surface area contributed by atoms with Gasteiger partial charge in [0, 0.05) is 18.5 Å². The van der Waals surface area contributed by atoms with Crippen molar-refractivity contribution in [3.63, 3.8) is 0 Å². The first-order chi connectivity index (χ1) is 17.3. The van der Waals surface area contributed by atoms with E-state index in [2.05, 4.69) is 95.9 Å². The van der Waals surface area contributed by atoms with Gasteiger partial charge in [0.2, 0.25) is 0 Å². The summed E-state index contributed by atoms with van der Waals surface area (Å²) in [5, 5.41) is 0. The number of para-hydroxylation sites is 1. The number of rotatable bonds is 0. The van der Waals surface area contributed by atoms with Gasteiger partial charge in [0.15, 0.2) is 0 Å².